The zero-order chi connectivity index (χ0) is 15.5. The van der Waals surface area contributed by atoms with Crippen molar-refractivity contribution in [1.82, 2.24) is 0 Å². The molecule has 0 unspecified atom stereocenters. The van der Waals surface area contributed by atoms with Gasteiger partial charge in [-0.05, 0) is 37.6 Å². The van der Waals surface area contributed by atoms with E-state index in [1.165, 1.54) is 6.07 Å². The molecule has 1 N–H and O–H groups in total. The quantitative estimate of drug-likeness (QED) is 0.731. The summed E-state index contributed by atoms with van der Waals surface area (Å²) in [5.41, 5.74) is 2.88. The summed E-state index contributed by atoms with van der Waals surface area (Å²) in [6.07, 6.45) is 0. The molecule has 0 saturated carbocycles. The van der Waals surface area contributed by atoms with Crippen molar-refractivity contribution in [2.24, 2.45) is 0 Å². The van der Waals surface area contributed by atoms with E-state index in [1.54, 1.807) is 6.07 Å². The van der Waals surface area contributed by atoms with Gasteiger partial charge in [0.15, 0.2) is 0 Å². The lowest BCUT2D eigenvalue weighted by atomic mass is 10.1. The number of hydrogen-bond donors (Lipinski definition) is 1. The number of fused-ring (bicyclic) bond motifs is 1. The van der Waals surface area contributed by atoms with Crippen molar-refractivity contribution in [1.29, 1.82) is 0 Å². The second kappa shape index (κ2) is 5.93. The highest BCUT2D eigenvalue weighted by molar-refractivity contribution is 5.88. The van der Waals surface area contributed by atoms with Crippen LogP contribution in [0.1, 0.15) is 12.5 Å². The monoisotopic (exact) mass is 295 g/mol. The van der Waals surface area contributed by atoms with Gasteiger partial charge in [0.2, 0.25) is 0 Å². The summed E-state index contributed by atoms with van der Waals surface area (Å²) in [5, 5.41) is 4.24. The fraction of sp³-hybridized carbons (Fsp3) is 0.167. The second-order valence-electron chi connectivity index (χ2n) is 5.02. The maximum atomic E-state index is 11.5. The van der Waals surface area contributed by atoms with Gasteiger partial charge in [-0.3, -0.25) is 0 Å². The molecule has 0 fully saturated rings. The van der Waals surface area contributed by atoms with E-state index < -0.39 is 0 Å². The van der Waals surface area contributed by atoms with Crippen molar-refractivity contribution < 1.29 is 9.15 Å². The number of hydrogen-bond acceptors (Lipinski definition) is 4. The van der Waals surface area contributed by atoms with Crippen LogP contribution in [-0.2, 0) is 0 Å². The largest absolute Gasteiger partial charge is 0.492 e. The highest BCUT2D eigenvalue weighted by Crippen LogP contribution is 2.33. The van der Waals surface area contributed by atoms with Crippen LogP contribution in [0.4, 0.5) is 11.4 Å². The van der Waals surface area contributed by atoms with Gasteiger partial charge in [0.05, 0.1) is 12.3 Å². The summed E-state index contributed by atoms with van der Waals surface area (Å²) in [7, 11) is 0. The first-order valence-corrected chi connectivity index (χ1v) is 7.21. The Morgan fingerprint density at radius 2 is 1.91 bits per heavy atom. The Labute approximate surface area is 128 Å². The molecule has 0 bridgehead atoms. The molecule has 22 heavy (non-hydrogen) atoms. The van der Waals surface area contributed by atoms with Crippen molar-refractivity contribution >= 4 is 22.3 Å². The fourth-order valence-corrected chi connectivity index (χ4v) is 2.40. The van der Waals surface area contributed by atoms with Crippen LogP contribution in [0.5, 0.6) is 5.75 Å². The van der Waals surface area contributed by atoms with Crippen LogP contribution in [-0.4, -0.2) is 6.61 Å². The molecule has 3 aromatic rings. The Morgan fingerprint density at radius 1 is 1.14 bits per heavy atom. The first kappa shape index (κ1) is 14.2. The van der Waals surface area contributed by atoms with E-state index in [0.717, 1.165) is 22.3 Å². The van der Waals surface area contributed by atoms with Gasteiger partial charge in [-0.2, -0.15) is 0 Å². The Morgan fingerprint density at radius 3 is 2.64 bits per heavy atom. The van der Waals surface area contributed by atoms with Crippen LogP contribution in [0.25, 0.3) is 11.0 Å². The number of para-hydroxylation sites is 1. The molecule has 112 valence electrons. The number of ether oxygens (including phenoxy) is 1. The maximum Gasteiger partial charge on any atom is 0.336 e. The van der Waals surface area contributed by atoms with Gasteiger partial charge in [0, 0.05) is 23.2 Å². The normalized spacial score (nSPS) is 10.6. The average Bonchev–Trinajstić information content (AvgIpc) is 2.50. The molecule has 0 atom stereocenters. The predicted octanol–water partition coefficient (Wildman–Crippen LogP) is 4.24. The smallest absolute Gasteiger partial charge is 0.336 e. The third-order valence-corrected chi connectivity index (χ3v) is 3.40. The lowest BCUT2D eigenvalue weighted by molar-refractivity contribution is 0.342. The molecule has 3 rings (SSSR count). The topological polar surface area (TPSA) is 51.5 Å². The van der Waals surface area contributed by atoms with E-state index in [2.05, 4.69) is 5.32 Å². The van der Waals surface area contributed by atoms with E-state index in [-0.39, 0.29) is 5.63 Å². The van der Waals surface area contributed by atoms with Crippen molar-refractivity contribution in [3.8, 4) is 5.75 Å². The Hall–Kier alpha value is -2.75. The molecular formula is C18H17NO3. The van der Waals surface area contributed by atoms with Crippen molar-refractivity contribution in [2.75, 3.05) is 11.9 Å². The van der Waals surface area contributed by atoms with Crippen LogP contribution in [0, 0.1) is 6.92 Å². The molecule has 4 heteroatoms. The van der Waals surface area contributed by atoms with Crippen LogP contribution in [0.3, 0.4) is 0 Å². The van der Waals surface area contributed by atoms with E-state index in [4.69, 9.17) is 9.15 Å². The van der Waals surface area contributed by atoms with Crippen LogP contribution in [0.15, 0.2) is 57.7 Å². The van der Waals surface area contributed by atoms with E-state index >= 15 is 0 Å². The highest BCUT2D eigenvalue weighted by atomic mass is 16.5. The summed E-state index contributed by atoms with van der Waals surface area (Å²) in [4.78, 5) is 11.5. The number of anilines is 2. The van der Waals surface area contributed by atoms with Crippen LogP contribution < -0.4 is 15.7 Å². The van der Waals surface area contributed by atoms with Gasteiger partial charge in [-0.15, -0.1) is 0 Å². The van der Waals surface area contributed by atoms with Gasteiger partial charge in [0.1, 0.15) is 11.3 Å². The third-order valence-electron chi connectivity index (χ3n) is 3.40. The maximum absolute atomic E-state index is 11.5. The summed E-state index contributed by atoms with van der Waals surface area (Å²) in [6.45, 7) is 4.35. The lowest BCUT2D eigenvalue weighted by Gasteiger charge is -2.14. The number of nitrogens with one attached hydrogen (secondary N) is 1. The molecule has 4 nitrogen and oxygen atoms in total. The van der Waals surface area contributed by atoms with E-state index in [9.17, 15) is 4.79 Å². The van der Waals surface area contributed by atoms with Crippen LogP contribution >= 0.6 is 0 Å². The van der Waals surface area contributed by atoms with Gasteiger partial charge < -0.3 is 14.5 Å². The van der Waals surface area contributed by atoms with Crippen molar-refractivity contribution in [2.45, 2.75) is 13.8 Å². The number of benzene rings is 2. The molecule has 0 aliphatic rings. The number of rotatable bonds is 4. The SMILES string of the molecule is CCOc1cc2oc(=O)cc(C)c2cc1Nc1ccccc1. The molecule has 2 aromatic carbocycles. The second-order valence-corrected chi connectivity index (χ2v) is 5.02. The molecule has 0 radical (unpaired) electrons. The Kier molecular flexibility index (Phi) is 3.83. The zero-order valence-electron chi connectivity index (χ0n) is 12.6. The standard InChI is InChI=1S/C18H17NO3/c1-3-21-17-11-16-14(12(2)9-18(20)22-16)10-15(17)19-13-7-5-4-6-8-13/h4-11,19H,3H2,1-2H3. The van der Waals surface area contributed by atoms with E-state index in [0.29, 0.717) is 17.9 Å². The molecular weight excluding hydrogens is 278 g/mol. The van der Waals surface area contributed by atoms with Crippen LogP contribution in [0.2, 0.25) is 0 Å². The summed E-state index contributed by atoms with van der Waals surface area (Å²) in [5.74, 6) is 0.660. The first-order valence-electron chi connectivity index (χ1n) is 7.21. The minimum Gasteiger partial charge on any atom is -0.492 e. The minimum atomic E-state index is -0.351. The molecule has 1 aromatic heterocycles. The zero-order valence-corrected chi connectivity index (χ0v) is 12.6. The Bertz CT molecular complexity index is 853. The molecule has 0 spiro atoms. The highest BCUT2D eigenvalue weighted by Gasteiger charge is 2.10. The first-order chi connectivity index (χ1) is 10.7. The molecule has 0 saturated heterocycles. The lowest BCUT2D eigenvalue weighted by Crippen LogP contribution is -2.01. The summed E-state index contributed by atoms with van der Waals surface area (Å²) in [6, 6.07) is 15.1. The molecule has 1 heterocycles. The van der Waals surface area contributed by atoms with Gasteiger partial charge in [-0.1, -0.05) is 18.2 Å². The molecule has 0 aliphatic heterocycles. The summed E-state index contributed by atoms with van der Waals surface area (Å²) >= 11 is 0. The van der Waals surface area contributed by atoms with Gasteiger partial charge >= 0.3 is 5.63 Å². The minimum absolute atomic E-state index is 0.351. The molecule has 0 amide bonds. The Balaban J connectivity index is 2.14. The van der Waals surface area contributed by atoms with Crippen molar-refractivity contribution in [3.63, 3.8) is 0 Å². The predicted molar refractivity (Wildman–Crippen MR) is 88.1 cm³/mol. The molecule has 0 aliphatic carbocycles. The van der Waals surface area contributed by atoms with Gasteiger partial charge in [0.25, 0.3) is 0 Å². The van der Waals surface area contributed by atoms with Crippen molar-refractivity contribution in [3.05, 3.63) is 64.5 Å². The van der Waals surface area contributed by atoms with Gasteiger partial charge in [-0.25, -0.2) is 4.79 Å². The average molecular weight is 295 g/mol. The summed E-state index contributed by atoms with van der Waals surface area (Å²) < 4.78 is 10.9. The van der Waals surface area contributed by atoms with E-state index in [1.807, 2.05) is 50.2 Å². The number of aryl methyl sites for hydroxylation is 1. The third kappa shape index (κ3) is 2.81. The fourth-order valence-electron chi connectivity index (χ4n) is 2.40.